The van der Waals surface area contributed by atoms with E-state index in [1.54, 1.807) is 25.1 Å². The van der Waals surface area contributed by atoms with Crippen LogP contribution in [0.3, 0.4) is 0 Å². The van der Waals surface area contributed by atoms with E-state index >= 15 is 0 Å². The molecule has 1 saturated heterocycles. The van der Waals surface area contributed by atoms with E-state index < -0.39 is 0 Å². The van der Waals surface area contributed by atoms with Crippen LogP contribution in [0, 0.1) is 12.8 Å². The lowest BCUT2D eigenvalue weighted by Gasteiger charge is -2.32. The van der Waals surface area contributed by atoms with E-state index in [0.29, 0.717) is 23.6 Å². The fraction of sp³-hybridized carbons (Fsp3) is 0.400. The molecule has 25 heavy (non-hydrogen) atoms. The number of carbonyl (C=O) groups is 1. The molecular formula is C20H25N3O2. The van der Waals surface area contributed by atoms with Crippen molar-refractivity contribution in [3.05, 3.63) is 59.4 Å². The second kappa shape index (κ2) is 8.12. The Bertz CT molecular complexity index is 718. The maximum atomic E-state index is 12.4. The Hall–Kier alpha value is -2.40. The van der Waals surface area contributed by atoms with Crippen molar-refractivity contribution in [2.45, 2.75) is 26.3 Å². The van der Waals surface area contributed by atoms with Crippen molar-refractivity contribution in [1.82, 2.24) is 15.2 Å². The molecule has 1 aromatic carbocycles. The maximum Gasteiger partial charge on any atom is 0.251 e. The molecule has 3 rings (SSSR count). The summed E-state index contributed by atoms with van der Waals surface area (Å²) in [6.07, 6.45) is 4.09. The molecule has 132 valence electrons. The first kappa shape index (κ1) is 17.4. The van der Waals surface area contributed by atoms with E-state index in [1.165, 1.54) is 0 Å². The molecule has 0 radical (unpaired) electrons. The van der Waals surface area contributed by atoms with Crippen LogP contribution in [0.5, 0.6) is 5.75 Å². The Morgan fingerprint density at radius 3 is 3.00 bits per heavy atom. The molecule has 1 fully saturated rings. The summed E-state index contributed by atoms with van der Waals surface area (Å²) < 4.78 is 0. The minimum atomic E-state index is -0.116. The number of benzene rings is 1. The summed E-state index contributed by atoms with van der Waals surface area (Å²) in [6, 6.07) is 11.0. The molecule has 0 saturated carbocycles. The van der Waals surface area contributed by atoms with Crippen molar-refractivity contribution < 1.29 is 9.90 Å². The van der Waals surface area contributed by atoms with Crippen molar-refractivity contribution in [3.8, 4) is 5.75 Å². The Balaban J connectivity index is 1.52. The third kappa shape index (κ3) is 4.57. The lowest BCUT2D eigenvalue weighted by atomic mass is 9.97. The minimum Gasteiger partial charge on any atom is -0.508 e. The Kier molecular flexibility index (Phi) is 5.66. The fourth-order valence-corrected chi connectivity index (χ4v) is 3.38. The summed E-state index contributed by atoms with van der Waals surface area (Å²) in [7, 11) is 0. The molecule has 0 aliphatic carbocycles. The van der Waals surface area contributed by atoms with Gasteiger partial charge in [-0.1, -0.05) is 12.1 Å². The summed E-state index contributed by atoms with van der Waals surface area (Å²) in [5.74, 6) is 0.487. The van der Waals surface area contributed by atoms with E-state index in [0.717, 1.165) is 38.2 Å². The van der Waals surface area contributed by atoms with E-state index in [4.69, 9.17) is 0 Å². The molecule has 0 bridgehead atoms. The van der Waals surface area contributed by atoms with Crippen molar-refractivity contribution in [2.75, 3.05) is 19.6 Å². The van der Waals surface area contributed by atoms with E-state index in [2.05, 4.69) is 21.3 Å². The molecule has 1 amide bonds. The monoisotopic (exact) mass is 339 g/mol. The molecular weight excluding hydrogens is 314 g/mol. The van der Waals surface area contributed by atoms with Crippen LogP contribution in [-0.4, -0.2) is 40.5 Å². The molecule has 0 spiro atoms. The van der Waals surface area contributed by atoms with Crippen molar-refractivity contribution in [1.29, 1.82) is 0 Å². The second-order valence-corrected chi connectivity index (χ2v) is 6.72. The van der Waals surface area contributed by atoms with Gasteiger partial charge in [0.15, 0.2) is 0 Å². The van der Waals surface area contributed by atoms with Crippen LogP contribution >= 0.6 is 0 Å². The number of amides is 1. The normalized spacial score (nSPS) is 18.0. The van der Waals surface area contributed by atoms with Crippen molar-refractivity contribution in [3.63, 3.8) is 0 Å². The molecule has 5 heteroatoms. The van der Waals surface area contributed by atoms with Gasteiger partial charge in [-0.3, -0.25) is 14.7 Å². The summed E-state index contributed by atoms with van der Waals surface area (Å²) in [6.45, 7) is 5.33. The molecule has 1 atom stereocenters. The summed E-state index contributed by atoms with van der Waals surface area (Å²) in [5, 5.41) is 12.8. The lowest BCUT2D eigenvalue weighted by molar-refractivity contribution is 0.0929. The number of phenolic OH excluding ortho intramolecular Hbond substituents is 1. The fourth-order valence-electron chi connectivity index (χ4n) is 3.38. The molecule has 2 N–H and O–H groups in total. The highest BCUT2D eigenvalue weighted by Gasteiger charge is 2.21. The molecule has 1 aliphatic rings. The number of aromatic nitrogens is 1. The van der Waals surface area contributed by atoms with E-state index in [9.17, 15) is 9.90 Å². The number of pyridine rings is 1. The Labute approximate surface area is 148 Å². The quantitative estimate of drug-likeness (QED) is 0.879. The predicted octanol–water partition coefficient (Wildman–Crippen LogP) is 2.74. The average molecular weight is 339 g/mol. The third-order valence-electron chi connectivity index (χ3n) is 4.82. The minimum absolute atomic E-state index is 0.116. The van der Waals surface area contributed by atoms with Gasteiger partial charge in [0.25, 0.3) is 5.91 Å². The average Bonchev–Trinajstić information content (AvgIpc) is 2.63. The van der Waals surface area contributed by atoms with Gasteiger partial charge in [0.05, 0.1) is 5.69 Å². The number of nitrogens with zero attached hydrogens (tertiary/aromatic N) is 2. The van der Waals surface area contributed by atoms with E-state index in [1.807, 2.05) is 18.3 Å². The molecule has 2 aromatic rings. The number of hydrogen-bond acceptors (Lipinski definition) is 4. The van der Waals surface area contributed by atoms with Crippen LogP contribution in [-0.2, 0) is 6.54 Å². The summed E-state index contributed by atoms with van der Waals surface area (Å²) >= 11 is 0. The topological polar surface area (TPSA) is 65.5 Å². The highest BCUT2D eigenvalue weighted by Crippen LogP contribution is 2.20. The zero-order valence-corrected chi connectivity index (χ0v) is 14.6. The van der Waals surface area contributed by atoms with Crippen molar-refractivity contribution in [2.24, 2.45) is 5.92 Å². The Morgan fingerprint density at radius 2 is 2.20 bits per heavy atom. The molecule has 1 aliphatic heterocycles. The van der Waals surface area contributed by atoms with Gasteiger partial charge in [-0.05, 0) is 56.5 Å². The first-order chi connectivity index (χ1) is 12.1. The van der Waals surface area contributed by atoms with Gasteiger partial charge < -0.3 is 10.4 Å². The van der Waals surface area contributed by atoms with Crippen LogP contribution in [0.1, 0.15) is 34.5 Å². The largest absolute Gasteiger partial charge is 0.508 e. The zero-order chi connectivity index (χ0) is 17.6. The lowest BCUT2D eigenvalue weighted by Crippen LogP contribution is -2.40. The first-order valence-electron chi connectivity index (χ1n) is 8.82. The molecule has 0 unspecified atom stereocenters. The third-order valence-corrected chi connectivity index (χ3v) is 4.82. The SMILES string of the molecule is Cc1c(O)cccc1C(=O)NC[C@H]1CCCN(Cc2ccccn2)C1. The standard InChI is InChI=1S/C20H25N3O2/c1-15-18(8-4-9-19(15)24)20(25)22-12-16-6-5-11-23(13-16)14-17-7-2-3-10-21-17/h2-4,7-10,16,24H,5-6,11-14H2,1H3,(H,22,25)/t16-/m1/s1. The summed E-state index contributed by atoms with van der Waals surface area (Å²) in [4.78, 5) is 19.2. The number of rotatable bonds is 5. The van der Waals surface area contributed by atoms with Gasteiger partial charge in [0.2, 0.25) is 0 Å². The van der Waals surface area contributed by atoms with Crippen LogP contribution in [0.15, 0.2) is 42.6 Å². The number of hydrogen-bond donors (Lipinski definition) is 2. The highest BCUT2D eigenvalue weighted by atomic mass is 16.3. The van der Waals surface area contributed by atoms with Crippen LogP contribution in [0.4, 0.5) is 0 Å². The van der Waals surface area contributed by atoms with Gasteiger partial charge in [-0.2, -0.15) is 0 Å². The Morgan fingerprint density at radius 1 is 1.32 bits per heavy atom. The number of aromatic hydroxyl groups is 1. The number of nitrogens with one attached hydrogen (secondary N) is 1. The van der Waals surface area contributed by atoms with Gasteiger partial charge in [-0.15, -0.1) is 0 Å². The summed E-state index contributed by atoms with van der Waals surface area (Å²) in [5.41, 5.74) is 2.25. The van der Waals surface area contributed by atoms with Gasteiger partial charge >= 0.3 is 0 Å². The molecule has 1 aromatic heterocycles. The zero-order valence-electron chi connectivity index (χ0n) is 14.6. The molecule has 5 nitrogen and oxygen atoms in total. The number of piperidine rings is 1. The van der Waals surface area contributed by atoms with Gasteiger partial charge in [-0.25, -0.2) is 0 Å². The van der Waals surface area contributed by atoms with Crippen LogP contribution in [0.2, 0.25) is 0 Å². The molecule has 2 heterocycles. The maximum absolute atomic E-state index is 12.4. The first-order valence-corrected chi connectivity index (χ1v) is 8.82. The van der Waals surface area contributed by atoms with Crippen molar-refractivity contribution >= 4 is 5.91 Å². The van der Waals surface area contributed by atoms with Gasteiger partial charge in [0, 0.05) is 37.0 Å². The second-order valence-electron chi connectivity index (χ2n) is 6.72. The smallest absolute Gasteiger partial charge is 0.251 e. The van der Waals surface area contributed by atoms with Crippen LogP contribution in [0.25, 0.3) is 0 Å². The van der Waals surface area contributed by atoms with Gasteiger partial charge in [0.1, 0.15) is 5.75 Å². The highest BCUT2D eigenvalue weighted by molar-refractivity contribution is 5.96. The predicted molar refractivity (Wildman–Crippen MR) is 97.4 cm³/mol. The number of likely N-dealkylation sites (tertiary alicyclic amines) is 1. The van der Waals surface area contributed by atoms with Crippen LogP contribution < -0.4 is 5.32 Å². The number of phenols is 1. The number of carbonyl (C=O) groups excluding carboxylic acids is 1. The van der Waals surface area contributed by atoms with E-state index in [-0.39, 0.29) is 11.7 Å².